The summed E-state index contributed by atoms with van der Waals surface area (Å²) in [5.41, 5.74) is 1.17. The Hall–Kier alpha value is -2.08. The molecule has 0 aromatic heterocycles. The second-order valence-electron chi connectivity index (χ2n) is 4.96. The van der Waals surface area contributed by atoms with Crippen LogP contribution >= 0.6 is 0 Å². The molecular weight excluding hydrogens is 258 g/mol. The van der Waals surface area contributed by atoms with Crippen molar-refractivity contribution in [3.05, 3.63) is 29.3 Å². The van der Waals surface area contributed by atoms with E-state index in [2.05, 4.69) is 5.32 Å². The third-order valence-corrected chi connectivity index (χ3v) is 2.96. The van der Waals surface area contributed by atoms with Crippen molar-refractivity contribution in [2.75, 3.05) is 39.5 Å². The summed E-state index contributed by atoms with van der Waals surface area (Å²) in [5.74, 6) is -1.06. The molecule has 20 heavy (non-hydrogen) atoms. The fourth-order valence-electron chi connectivity index (χ4n) is 1.67. The summed E-state index contributed by atoms with van der Waals surface area (Å²) in [7, 11) is 5.53. The third kappa shape index (κ3) is 4.24. The maximum atomic E-state index is 12.1. The van der Waals surface area contributed by atoms with Crippen molar-refractivity contribution < 1.29 is 14.7 Å². The van der Waals surface area contributed by atoms with E-state index in [9.17, 15) is 9.59 Å². The highest BCUT2D eigenvalue weighted by molar-refractivity contribution is 6.00. The van der Waals surface area contributed by atoms with Crippen LogP contribution in [0.5, 0.6) is 0 Å². The van der Waals surface area contributed by atoms with Crippen molar-refractivity contribution >= 4 is 17.7 Å². The molecule has 110 valence electrons. The number of hydrogen-bond acceptors (Lipinski definition) is 3. The zero-order valence-corrected chi connectivity index (χ0v) is 12.3. The summed E-state index contributed by atoms with van der Waals surface area (Å²) in [6.45, 7) is 3.07. The Balaban J connectivity index is 2.82. The minimum absolute atomic E-state index is 0.0966. The summed E-state index contributed by atoms with van der Waals surface area (Å²) in [5, 5.41) is 11.8. The van der Waals surface area contributed by atoms with Gasteiger partial charge >= 0.3 is 12.0 Å². The molecule has 0 spiro atoms. The molecule has 0 radical (unpaired) electrons. The Bertz CT molecular complexity index is 500. The minimum atomic E-state index is -1.06. The van der Waals surface area contributed by atoms with Crippen LogP contribution in [0.2, 0.25) is 0 Å². The molecule has 0 saturated carbocycles. The number of aromatic carboxylic acids is 1. The van der Waals surface area contributed by atoms with Crippen LogP contribution < -0.4 is 5.32 Å². The van der Waals surface area contributed by atoms with Crippen LogP contribution in [0.1, 0.15) is 15.9 Å². The first-order valence-electron chi connectivity index (χ1n) is 6.32. The van der Waals surface area contributed by atoms with Gasteiger partial charge in [-0.2, -0.15) is 0 Å². The molecule has 1 aromatic rings. The lowest BCUT2D eigenvalue weighted by molar-refractivity contribution is 0.0698. The van der Waals surface area contributed by atoms with Gasteiger partial charge in [-0.3, -0.25) is 0 Å². The Kier molecular flexibility index (Phi) is 5.52. The van der Waals surface area contributed by atoms with Gasteiger partial charge in [-0.05, 0) is 32.6 Å². The van der Waals surface area contributed by atoms with Gasteiger partial charge < -0.3 is 20.2 Å². The summed E-state index contributed by atoms with van der Waals surface area (Å²) in [6.07, 6.45) is 0. The zero-order valence-electron chi connectivity index (χ0n) is 12.3. The molecule has 0 unspecified atom stereocenters. The number of carbonyl (C=O) groups is 2. The number of amides is 2. The van der Waals surface area contributed by atoms with Gasteiger partial charge in [0.05, 0.1) is 11.3 Å². The van der Waals surface area contributed by atoms with Gasteiger partial charge in [0.1, 0.15) is 0 Å². The van der Waals surface area contributed by atoms with Crippen LogP contribution in [-0.2, 0) is 0 Å². The van der Waals surface area contributed by atoms with E-state index in [-0.39, 0.29) is 11.6 Å². The smallest absolute Gasteiger partial charge is 0.337 e. The van der Waals surface area contributed by atoms with Crippen LogP contribution in [0.25, 0.3) is 0 Å². The molecule has 2 amide bonds. The van der Waals surface area contributed by atoms with E-state index in [1.807, 2.05) is 19.0 Å². The monoisotopic (exact) mass is 279 g/mol. The van der Waals surface area contributed by atoms with Gasteiger partial charge in [-0.25, -0.2) is 9.59 Å². The Morgan fingerprint density at radius 3 is 2.40 bits per heavy atom. The van der Waals surface area contributed by atoms with E-state index < -0.39 is 5.97 Å². The Morgan fingerprint density at radius 1 is 1.20 bits per heavy atom. The highest BCUT2D eigenvalue weighted by atomic mass is 16.4. The lowest BCUT2D eigenvalue weighted by Gasteiger charge is -2.21. The van der Waals surface area contributed by atoms with Crippen LogP contribution in [0, 0.1) is 6.92 Å². The number of aryl methyl sites for hydroxylation is 1. The molecule has 0 bridgehead atoms. The first-order valence-corrected chi connectivity index (χ1v) is 6.32. The van der Waals surface area contributed by atoms with E-state index in [0.29, 0.717) is 12.2 Å². The largest absolute Gasteiger partial charge is 0.478 e. The average molecular weight is 279 g/mol. The molecule has 1 rings (SSSR count). The van der Waals surface area contributed by atoms with Gasteiger partial charge in [0.2, 0.25) is 0 Å². The number of carboxylic acids is 1. The lowest BCUT2D eigenvalue weighted by atomic mass is 10.1. The minimum Gasteiger partial charge on any atom is -0.478 e. The van der Waals surface area contributed by atoms with Crippen molar-refractivity contribution in [3.63, 3.8) is 0 Å². The van der Waals surface area contributed by atoms with E-state index in [4.69, 9.17) is 5.11 Å². The number of carbonyl (C=O) groups excluding carboxylic acids is 1. The average Bonchev–Trinajstić information content (AvgIpc) is 2.37. The molecular formula is C14H21N3O3. The summed E-state index contributed by atoms with van der Waals surface area (Å²) < 4.78 is 0. The number of benzene rings is 1. The topological polar surface area (TPSA) is 72.9 Å². The second-order valence-corrected chi connectivity index (χ2v) is 4.96. The molecule has 0 fully saturated rings. The molecule has 6 heteroatoms. The number of nitrogens with zero attached hydrogens (tertiary/aromatic N) is 2. The highest BCUT2D eigenvalue weighted by Gasteiger charge is 2.16. The molecule has 6 nitrogen and oxygen atoms in total. The van der Waals surface area contributed by atoms with E-state index in [1.165, 1.54) is 11.0 Å². The second kappa shape index (κ2) is 6.91. The number of para-hydroxylation sites is 1. The number of carboxylic acid groups (broad SMARTS) is 1. The van der Waals surface area contributed by atoms with Gasteiger partial charge in [0.25, 0.3) is 0 Å². The van der Waals surface area contributed by atoms with Crippen LogP contribution in [0.4, 0.5) is 10.5 Å². The van der Waals surface area contributed by atoms with Crippen molar-refractivity contribution in [1.29, 1.82) is 0 Å². The van der Waals surface area contributed by atoms with E-state index in [1.54, 1.807) is 26.1 Å². The SMILES string of the molecule is Cc1cccc(C(=O)O)c1NC(=O)N(C)CCN(C)C. The first kappa shape index (κ1) is 16.0. The molecule has 0 heterocycles. The van der Waals surface area contributed by atoms with Gasteiger partial charge in [0, 0.05) is 20.1 Å². The van der Waals surface area contributed by atoms with Crippen molar-refractivity contribution in [3.8, 4) is 0 Å². The number of rotatable bonds is 5. The highest BCUT2D eigenvalue weighted by Crippen LogP contribution is 2.20. The molecule has 0 aliphatic heterocycles. The summed E-state index contributed by atoms with van der Waals surface area (Å²) >= 11 is 0. The van der Waals surface area contributed by atoms with Crippen molar-refractivity contribution in [2.24, 2.45) is 0 Å². The van der Waals surface area contributed by atoms with Gasteiger partial charge in [-0.15, -0.1) is 0 Å². The predicted octanol–water partition coefficient (Wildman–Crippen LogP) is 1.72. The quantitative estimate of drug-likeness (QED) is 0.860. The molecule has 0 atom stereocenters. The molecule has 2 N–H and O–H groups in total. The summed E-state index contributed by atoms with van der Waals surface area (Å²) in [6, 6.07) is 4.58. The number of nitrogens with one attached hydrogen (secondary N) is 1. The van der Waals surface area contributed by atoms with Crippen LogP contribution in [0.15, 0.2) is 18.2 Å². The number of hydrogen-bond donors (Lipinski definition) is 2. The lowest BCUT2D eigenvalue weighted by Crippen LogP contribution is -2.36. The number of anilines is 1. The summed E-state index contributed by atoms with van der Waals surface area (Å²) in [4.78, 5) is 26.7. The van der Waals surface area contributed by atoms with E-state index >= 15 is 0 Å². The molecule has 1 aromatic carbocycles. The molecule has 0 aliphatic rings. The molecule has 0 aliphatic carbocycles. The normalized spacial score (nSPS) is 10.4. The van der Waals surface area contributed by atoms with Gasteiger partial charge in [0.15, 0.2) is 0 Å². The van der Waals surface area contributed by atoms with Crippen molar-refractivity contribution in [1.82, 2.24) is 9.80 Å². The number of urea groups is 1. The number of likely N-dealkylation sites (N-methyl/N-ethyl adjacent to an activating group) is 2. The Morgan fingerprint density at radius 2 is 1.85 bits per heavy atom. The molecule has 0 saturated heterocycles. The fraction of sp³-hybridized carbons (Fsp3) is 0.429. The third-order valence-electron chi connectivity index (χ3n) is 2.96. The first-order chi connectivity index (χ1) is 9.32. The standard InChI is InChI=1S/C14H21N3O3/c1-10-6-5-7-11(13(18)19)12(10)15-14(20)17(4)9-8-16(2)3/h5-7H,8-9H2,1-4H3,(H,15,20)(H,18,19). The predicted molar refractivity (Wildman–Crippen MR) is 78.3 cm³/mol. The van der Waals surface area contributed by atoms with Crippen LogP contribution in [0.3, 0.4) is 0 Å². The Labute approximate surface area is 119 Å². The fourth-order valence-corrected chi connectivity index (χ4v) is 1.67. The van der Waals surface area contributed by atoms with Crippen LogP contribution in [-0.4, -0.2) is 61.1 Å². The van der Waals surface area contributed by atoms with Crippen molar-refractivity contribution in [2.45, 2.75) is 6.92 Å². The van der Waals surface area contributed by atoms with Gasteiger partial charge in [-0.1, -0.05) is 12.1 Å². The maximum absolute atomic E-state index is 12.1. The maximum Gasteiger partial charge on any atom is 0.337 e. The zero-order chi connectivity index (χ0) is 15.3. The van der Waals surface area contributed by atoms with E-state index in [0.717, 1.165) is 12.1 Å².